The summed E-state index contributed by atoms with van der Waals surface area (Å²) in [6.45, 7) is 5.96. The molecule has 1 heterocycles. The number of aliphatic hydroxyl groups is 2. The van der Waals surface area contributed by atoms with E-state index in [1.54, 1.807) is 0 Å². The minimum Gasteiger partial charge on any atom is -0.479 e. The highest BCUT2D eigenvalue weighted by Crippen LogP contribution is 2.26. The van der Waals surface area contributed by atoms with E-state index in [2.05, 4.69) is 57.2 Å². The summed E-state index contributed by atoms with van der Waals surface area (Å²) in [7, 11) is 0. The molecule has 1 saturated heterocycles. The molecule has 0 radical (unpaired) electrons. The van der Waals surface area contributed by atoms with E-state index in [9.17, 15) is 34.5 Å². The van der Waals surface area contributed by atoms with Crippen molar-refractivity contribution in [3.63, 3.8) is 0 Å². The highest BCUT2D eigenvalue weighted by atomic mass is 16.7. The lowest BCUT2D eigenvalue weighted by Crippen LogP contribution is -2.61. The molecule has 0 bridgehead atoms. The van der Waals surface area contributed by atoms with Crippen molar-refractivity contribution < 1.29 is 58.2 Å². The predicted octanol–water partition coefficient (Wildman–Crippen LogP) is 15.2. The second kappa shape index (κ2) is 49.8. The third-order valence-corrected chi connectivity index (χ3v) is 13.7. The van der Waals surface area contributed by atoms with Crippen LogP contribution < -0.4 is 0 Å². The van der Waals surface area contributed by atoms with Crippen LogP contribution in [-0.2, 0) is 42.9 Å². The van der Waals surface area contributed by atoms with E-state index in [1.165, 1.54) is 122 Å². The van der Waals surface area contributed by atoms with Gasteiger partial charge in [0.2, 0.25) is 0 Å². The number of hydrogen-bond donors (Lipinski definition) is 3. The number of rotatable bonds is 51. The van der Waals surface area contributed by atoms with Crippen molar-refractivity contribution in [1.29, 1.82) is 0 Å². The number of aliphatic hydroxyl groups excluding tert-OH is 2. The lowest BCUT2D eigenvalue weighted by atomic mass is 9.98. The van der Waals surface area contributed by atoms with Crippen LogP contribution in [-0.4, -0.2) is 89.2 Å². The molecule has 12 heteroatoms. The number of carboxylic acid groups (broad SMARTS) is 1. The van der Waals surface area contributed by atoms with Crippen molar-refractivity contribution in [3.05, 3.63) is 36.5 Å². The summed E-state index contributed by atoms with van der Waals surface area (Å²) in [5, 5.41) is 31.4. The monoisotopic (exact) mass is 1030 g/mol. The molecule has 73 heavy (non-hydrogen) atoms. The lowest BCUT2D eigenvalue weighted by Gasteiger charge is -2.40. The Labute approximate surface area is 444 Å². The second-order valence-corrected chi connectivity index (χ2v) is 20.6. The number of aliphatic carboxylic acids is 1. The van der Waals surface area contributed by atoms with E-state index >= 15 is 0 Å². The largest absolute Gasteiger partial charge is 0.479 e. The van der Waals surface area contributed by atoms with E-state index < -0.39 is 67.3 Å². The molecule has 1 aliphatic heterocycles. The minimum absolute atomic E-state index is 0.0647. The predicted molar refractivity (Wildman–Crippen MR) is 294 cm³/mol. The average molecular weight is 1030 g/mol. The van der Waals surface area contributed by atoms with Crippen LogP contribution in [0.4, 0.5) is 0 Å². The van der Waals surface area contributed by atoms with Gasteiger partial charge in [-0.2, -0.15) is 0 Å². The first-order valence-corrected chi connectivity index (χ1v) is 30.0. The number of allylic oxidation sites excluding steroid dienone is 6. The Bertz CT molecular complexity index is 1410. The number of unbranched alkanes of at least 4 members (excludes halogenated alkanes) is 31. The topological polar surface area (TPSA) is 175 Å². The summed E-state index contributed by atoms with van der Waals surface area (Å²) in [6.07, 6.45) is 45.4. The van der Waals surface area contributed by atoms with Gasteiger partial charge in [0.15, 0.2) is 24.6 Å². The van der Waals surface area contributed by atoms with Crippen LogP contribution in [0.3, 0.4) is 0 Å². The lowest BCUT2D eigenvalue weighted by molar-refractivity contribution is -0.301. The van der Waals surface area contributed by atoms with Gasteiger partial charge in [-0.15, -0.1) is 0 Å². The van der Waals surface area contributed by atoms with E-state index in [1.807, 2.05) is 0 Å². The van der Waals surface area contributed by atoms with Crippen molar-refractivity contribution >= 4 is 23.9 Å². The summed E-state index contributed by atoms with van der Waals surface area (Å²) in [5.41, 5.74) is 0. The van der Waals surface area contributed by atoms with Gasteiger partial charge in [-0.05, 0) is 57.8 Å². The van der Waals surface area contributed by atoms with Crippen LogP contribution in [0.1, 0.15) is 278 Å². The van der Waals surface area contributed by atoms with Crippen molar-refractivity contribution in [2.75, 3.05) is 13.2 Å². The molecule has 12 nitrogen and oxygen atoms in total. The first-order valence-electron chi connectivity index (χ1n) is 30.0. The summed E-state index contributed by atoms with van der Waals surface area (Å²) >= 11 is 0. The maximum absolute atomic E-state index is 13.1. The van der Waals surface area contributed by atoms with Crippen LogP contribution in [0.5, 0.6) is 0 Å². The van der Waals surface area contributed by atoms with Gasteiger partial charge in [-0.25, -0.2) is 4.79 Å². The Hall–Kier alpha value is -3.06. The second-order valence-electron chi connectivity index (χ2n) is 20.6. The molecule has 6 unspecified atom stereocenters. The Morgan fingerprint density at radius 1 is 0.452 bits per heavy atom. The van der Waals surface area contributed by atoms with Crippen molar-refractivity contribution in [2.45, 2.75) is 314 Å². The molecule has 6 atom stereocenters. The first-order chi connectivity index (χ1) is 35.6. The maximum Gasteiger partial charge on any atom is 0.335 e. The Kier molecular flexibility index (Phi) is 46.4. The molecular weight excluding hydrogens is 925 g/mol. The zero-order valence-corrected chi connectivity index (χ0v) is 46.6. The molecule has 1 rings (SSSR count). The van der Waals surface area contributed by atoms with Gasteiger partial charge < -0.3 is 39.0 Å². The molecule has 424 valence electrons. The number of carbonyl (C=O) groups is 4. The summed E-state index contributed by atoms with van der Waals surface area (Å²) in [6, 6.07) is 0. The number of ether oxygens (including phenoxy) is 5. The third-order valence-electron chi connectivity index (χ3n) is 13.7. The molecule has 1 fully saturated rings. The fraction of sp³-hybridized carbons (Fsp3) is 0.836. The Morgan fingerprint density at radius 2 is 0.822 bits per heavy atom. The molecule has 0 aliphatic carbocycles. The molecule has 1 aliphatic rings. The van der Waals surface area contributed by atoms with Gasteiger partial charge in [-0.1, -0.05) is 237 Å². The molecule has 0 aromatic rings. The van der Waals surface area contributed by atoms with Crippen LogP contribution in [0.2, 0.25) is 0 Å². The number of hydrogen-bond acceptors (Lipinski definition) is 11. The Morgan fingerprint density at radius 3 is 1.27 bits per heavy atom. The van der Waals surface area contributed by atoms with Crippen molar-refractivity contribution in [2.24, 2.45) is 0 Å². The number of esters is 3. The fourth-order valence-corrected chi connectivity index (χ4v) is 9.08. The minimum atomic E-state index is -1.90. The van der Waals surface area contributed by atoms with E-state index in [0.717, 1.165) is 96.3 Å². The zero-order valence-electron chi connectivity index (χ0n) is 46.6. The molecule has 0 spiro atoms. The molecule has 0 aromatic carbocycles. The fourth-order valence-electron chi connectivity index (χ4n) is 9.08. The van der Waals surface area contributed by atoms with Gasteiger partial charge in [0, 0.05) is 19.3 Å². The van der Waals surface area contributed by atoms with E-state index in [0.29, 0.717) is 19.3 Å². The van der Waals surface area contributed by atoms with E-state index in [4.69, 9.17) is 23.7 Å². The molecule has 0 amide bonds. The Balaban J connectivity index is 2.66. The molecule has 3 N–H and O–H groups in total. The summed E-state index contributed by atoms with van der Waals surface area (Å²) in [4.78, 5) is 51.0. The SMILES string of the molecule is CCCCC/C=C\C/C=C\C/C=C\CCCCCCCCC(=O)OCC(COC1OC(C(=O)O)C(O)C(O)C1OC(=O)CCCCCCCCCCCCCCC)OC(=O)CCCCCCCCCCCCC. The first kappa shape index (κ1) is 68.0. The summed E-state index contributed by atoms with van der Waals surface area (Å²) < 4.78 is 28.4. The smallest absolute Gasteiger partial charge is 0.335 e. The normalized spacial score (nSPS) is 18.5. The van der Waals surface area contributed by atoms with Crippen molar-refractivity contribution in [3.8, 4) is 0 Å². The van der Waals surface area contributed by atoms with Crippen molar-refractivity contribution in [1.82, 2.24) is 0 Å². The van der Waals surface area contributed by atoms with Gasteiger partial charge in [0.05, 0.1) is 6.61 Å². The average Bonchev–Trinajstić information content (AvgIpc) is 3.37. The molecular formula is C61H108O12. The molecule has 0 saturated carbocycles. The van der Waals surface area contributed by atoms with Gasteiger partial charge in [0.1, 0.15) is 18.8 Å². The van der Waals surface area contributed by atoms with Gasteiger partial charge in [-0.3, -0.25) is 14.4 Å². The summed E-state index contributed by atoms with van der Waals surface area (Å²) in [5.74, 6) is -3.11. The molecule has 0 aromatic heterocycles. The standard InChI is InChI=1S/C61H108O12/c1-4-7-10-13-16-19-22-24-25-26-27-28-29-31-33-35-38-41-44-47-53(62)69-50-52(71-54(63)48-45-42-39-36-32-21-18-15-12-9-6-3)51-70-61-59(57(66)56(65)58(73-61)60(67)68)72-55(64)49-46-43-40-37-34-30-23-20-17-14-11-8-5-2/h16,19,24-25,27-28,52,56-59,61,65-66H,4-15,17-18,20-23,26,29-51H2,1-3H3,(H,67,68)/b19-16-,25-24-,28-27-. The number of carbonyl (C=O) groups excluding carboxylic acids is 3. The van der Waals surface area contributed by atoms with Crippen LogP contribution in [0.15, 0.2) is 36.5 Å². The van der Waals surface area contributed by atoms with E-state index in [-0.39, 0.29) is 25.9 Å². The van der Waals surface area contributed by atoms with Crippen LogP contribution in [0.25, 0.3) is 0 Å². The number of carboxylic acids is 1. The highest BCUT2D eigenvalue weighted by molar-refractivity contribution is 5.74. The zero-order chi connectivity index (χ0) is 53.3. The van der Waals surface area contributed by atoms with Gasteiger partial charge in [0.25, 0.3) is 0 Å². The quantitative estimate of drug-likeness (QED) is 0.0228. The van der Waals surface area contributed by atoms with Crippen LogP contribution in [0, 0.1) is 0 Å². The third kappa shape index (κ3) is 39.9. The van der Waals surface area contributed by atoms with Gasteiger partial charge >= 0.3 is 23.9 Å². The highest BCUT2D eigenvalue weighted by Gasteiger charge is 2.50. The van der Waals surface area contributed by atoms with Crippen LogP contribution >= 0.6 is 0 Å². The maximum atomic E-state index is 13.1.